The van der Waals surface area contributed by atoms with Crippen molar-refractivity contribution in [3.05, 3.63) is 34.3 Å². The average molecular weight is 236 g/mol. The highest BCUT2D eigenvalue weighted by molar-refractivity contribution is 6.31. The molecular weight excluding hydrogens is 218 g/mol. The van der Waals surface area contributed by atoms with Gasteiger partial charge in [-0.1, -0.05) is 43.0 Å². The van der Waals surface area contributed by atoms with Crippen molar-refractivity contribution in [1.82, 2.24) is 5.32 Å². The molecule has 1 aromatic rings. The number of nitrogens with one attached hydrogen (secondary N) is 1. The minimum Gasteiger partial charge on any atom is -0.306 e. The molecule has 3 rings (SSSR count). The molecule has 1 aliphatic carbocycles. The van der Waals surface area contributed by atoms with Gasteiger partial charge in [-0.2, -0.15) is 0 Å². The Balaban J connectivity index is 1.89. The maximum Gasteiger partial charge on any atom is 0.0457 e. The predicted octanol–water partition coefficient (Wildman–Crippen LogP) is 4.06. The molecule has 2 heteroatoms. The smallest absolute Gasteiger partial charge is 0.0457 e. The van der Waals surface area contributed by atoms with Gasteiger partial charge in [0.1, 0.15) is 0 Å². The molecule has 0 radical (unpaired) electrons. The first-order chi connectivity index (χ1) is 7.86. The Morgan fingerprint density at radius 3 is 2.75 bits per heavy atom. The Morgan fingerprint density at radius 1 is 1.12 bits per heavy atom. The summed E-state index contributed by atoms with van der Waals surface area (Å²) in [6.07, 6.45) is 6.93. The van der Waals surface area contributed by atoms with Gasteiger partial charge in [-0.3, -0.25) is 0 Å². The molecule has 0 saturated heterocycles. The summed E-state index contributed by atoms with van der Waals surface area (Å²) in [4.78, 5) is 0. The van der Waals surface area contributed by atoms with Crippen LogP contribution in [-0.2, 0) is 6.54 Å². The third-order valence-corrected chi connectivity index (χ3v) is 4.42. The molecule has 1 atom stereocenters. The lowest BCUT2D eigenvalue weighted by atomic mass is 9.81. The number of halogens is 1. The van der Waals surface area contributed by atoms with Crippen LogP contribution in [0.4, 0.5) is 0 Å². The minimum absolute atomic E-state index is 0.518. The highest BCUT2D eigenvalue weighted by atomic mass is 35.5. The second kappa shape index (κ2) is 4.38. The number of benzene rings is 1. The molecule has 0 amide bonds. The quantitative estimate of drug-likeness (QED) is 0.774. The standard InChI is InChI=1S/C14H18ClN/c15-12-8-4-7-11-9-16-14(13(11)12)10-5-2-1-3-6-10/h4,7-8,10,14,16H,1-3,5-6,9H2. The van der Waals surface area contributed by atoms with E-state index in [2.05, 4.69) is 17.4 Å². The lowest BCUT2D eigenvalue weighted by Crippen LogP contribution is -2.24. The minimum atomic E-state index is 0.518. The summed E-state index contributed by atoms with van der Waals surface area (Å²) in [7, 11) is 0. The van der Waals surface area contributed by atoms with Crippen LogP contribution >= 0.6 is 11.6 Å². The van der Waals surface area contributed by atoms with Crippen LogP contribution in [0.25, 0.3) is 0 Å². The van der Waals surface area contributed by atoms with Gasteiger partial charge in [0.2, 0.25) is 0 Å². The molecule has 0 spiro atoms. The number of hydrogen-bond donors (Lipinski definition) is 1. The summed E-state index contributed by atoms with van der Waals surface area (Å²) in [6, 6.07) is 6.82. The van der Waals surface area contributed by atoms with Crippen LogP contribution < -0.4 is 5.32 Å². The largest absolute Gasteiger partial charge is 0.306 e. The number of rotatable bonds is 1. The molecule has 1 N–H and O–H groups in total. The third kappa shape index (κ3) is 1.76. The molecule has 1 nitrogen and oxygen atoms in total. The average Bonchev–Trinajstić information content (AvgIpc) is 2.75. The second-order valence-corrected chi connectivity index (χ2v) is 5.48. The summed E-state index contributed by atoms with van der Waals surface area (Å²) < 4.78 is 0. The first-order valence-electron chi connectivity index (χ1n) is 6.37. The summed E-state index contributed by atoms with van der Waals surface area (Å²) in [6.45, 7) is 0.997. The van der Waals surface area contributed by atoms with Crippen molar-refractivity contribution in [2.24, 2.45) is 5.92 Å². The van der Waals surface area contributed by atoms with E-state index >= 15 is 0 Å². The maximum atomic E-state index is 6.34. The molecule has 1 aliphatic heterocycles. The Morgan fingerprint density at radius 2 is 1.94 bits per heavy atom. The van der Waals surface area contributed by atoms with Gasteiger partial charge in [-0.05, 0) is 36.0 Å². The van der Waals surface area contributed by atoms with Gasteiger partial charge >= 0.3 is 0 Å². The lowest BCUT2D eigenvalue weighted by molar-refractivity contribution is 0.282. The molecule has 1 aromatic carbocycles. The molecule has 16 heavy (non-hydrogen) atoms. The highest BCUT2D eigenvalue weighted by Crippen LogP contribution is 2.41. The van der Waals surface area contributed by atoms with Crippen molar-refractivity contribution in [2.45, 2.75) is 44.7 Å². The Labute approximate surface area is 102 Å². The van der Waals surface area contributed by atoms with Crippen molar-refractivity contribution in [3.8, 4) is 0 Å². The SMILES string of the molecule is Clc1cccc2c1C(C1CCCCC1)NC2. The molecule has 1 fully saturated rings. The lowest BCUT2D eigenvalue weighted by Gasteiger charge is -2.28. The van der Waals surface area contributed by atoms with E-state index in [-0.39, 0.29) is 0 Å². The van der Waals surface area contributed by atoms with Gasteiger partial charge in [0.25, 0.3) is 0 Å². The monoisotopic (exact) mass is 235 g/mol. The molecule has 1 unspecified atom stereocenters. The van der Waals surface area contributed by atoms with E-state index in [1.165, 1.54) is 43.2 Å². The fourth-order valence-corrected chi connectivity index (χ4v) is 3.59. The Bertz CT molecular complexity index is 382. The molecule has 0 aromatic heterocycles. The topological polar surface area (TPSA) is 12.0 Å². The van der Waals surface area contributed by atoms with Gasteiger partial charge in [-0.15, -0.1) is 0 Å². The summed E-state index contributed by atoms with van der Waals surface area (Å²) >= 11 is 6.34. The van der Waals surface area contributed by atoms with Crippen molar-refractivity contribution in [1.29, 1.82) is 0 Å². The zero-order chi connectivity index (χ0) is 11.0. The maximum absolute atomic E-state index is 6.34. The first kappa shape index (κ1) is 10.6. The van der Waals surface area contributed by atoms with Crippen LogP contribution in [0.2, 0.25) is 5.02 Å². The summed E-state index contributed by atoms with van der Waals surface area (Å²) in [5, 5.41) is 4.60. The van der Waals surface area contributed by atoms with Crippen LogP contribution in [-0.4, -0.2) is 0 Å². The van der Waals surface area contributed by atoms with Crippen LogP contribution in [0, 0.1) is 5.92 Å². The van der Waals surface area contributed by atoms with Gasteiger partial charge < -0.3 is 5.32 Å². The number of hydrogen-bond acceptors (Lipinski definition) is 1. The van der Waals surface area contributed by atoms with E-state index < -0.39 is 0 Å². The van der Waals surface area contributed by atoms with Gasteiger partial charge in [-0.25, -0.2) is 0 Å². The van der Waals surface area contributed by atoms with Crippen molar-refractivity contribution >= 4 is 11.6 Å². The Hall–Kier alpha value is -0.530. The van der Waals surface area contributed by atoms with Gasteiger partial charge in [0.15, 0.2) is 0 Å². The Kier molecular flexibility index (Phi) is 2.91. The predicted molar refractivity (Wildman–Crippen MR) is 67.6 cm³/mol. The van der Waals surface area contributed by atoms with Crippen molar-refractivity contribution in [2.75, 3.05) is 0 Å². The van der Waals surface area contributed by atoms with E-state index in [1.807, 2.05) is 6.07 Å². The summed E-state index contributed by atoms with van der Waals surface area (Å²) in [5.74, 6) is 0.801. The molecular formula is C14H18ClN. The van der Waals surface area contributed by atoms with Crippen LogP contribution in [0.5, 0.6) is 0 Å². The molecule has 0 bridgehead atoms. The van der Waals surface area contributed by atoms with E-state index in [1.54, 1.807) is 0 Å². The normalized spacial score (nSPS) is 25.7. The highest BCUT2D eigenvalue weighted by Gasteiger charge is 2.31. The van der Waals surface area contributed by atoms with E-state index in [0.29, 0.717) is 6.04 Å². The molecule has 1 heterocycles. The molecule has 1 saturated carbocycles. The van der Waals surface area contributed by atoms with Crippen LogP contribution in [0.3, 0.4) is 0 Å². The zero-order valence-electron chi connectivity index (χ0n) is 9.51. The van der Waals surface area contributed by atoms with E-state index in [4.69, 9.17) is 11.6 Å². The fraction of sp³-hybridized carbons (Fsp3) is 0.571. The van der Waals surface area contributed by atoms with Crippen LogP contribution in [0.1, 0.15) is 49.3 Å². The van der Waals surface area contributed by atoms with E-state index in [9.17, 15) is 0 Å². The number of fused-ring (bicyclic) bond motifs is 1. The zero-order valence-corrected chi connectivity index (χ0v) is 10.3. The molecule has 2 aliphatic rings. The van der Waals surface area contributed by atoms with Gasteiger partial charge in [0.05, 0.1) is 0 Å². The van der Waals surface area contributed by atoms with Crippen molar-refractivity contribution < 1.29 is 0 Å². The first-order valence-corrected chi connectivity index (χ1v) is 6.75. The molecule has 86 valence electrons. The second-order valence-electron chi connectivity index (χ2n) is 5.07. The third-order valence-electron chi connectivity index (χ3n) is 4.09. The van der Waals surface area contributed by atoms with E-state index in [0.717, 1.165) is 17.5 Å². The van der Waals surface area contributed by atoms with Gasteiger partial charge in [0, 0.05) is 17.6 Å². The fourth-order valence-electron chi connectivity index (χ4n) is 3.28. The van der Waals surface area contributed by atoms with Crippen LogP contribution in [0.15, 0.2) is 18.2 Å². The summed E-state index contributed by atoms with van der Waals surface area (Å²) in [5.41, 5.74) is 2.79. The van der Waals surface area contributed by atoms with Crippen molar-refractivity contribution in [3.63, 3.8) is 0 Å².